The Morgan fingerprint density at radius 2 is 1.95 bits per heavy atom. The van der Waals surface area contributed by atoms with E-state index in [0.717, 1.165) is 0 Å². The zero-order valence-electron chi connectivity index (χ0n) is 11.6. The van der Waals surface area contributed by atoms with Crippen LogP contribution in [-0.2, 0) is 14.3 Å². The van der Waals surface area contributed by atoms with E-state index < -0.39 is 18.0 Å². The predicted octanol–water partition coefficient (Wildman–Crippen LogP) is 0.692. The van der Waals surface area contributed by atoms with Gasteiger partial charge < -0.3 is 20.1 Å². The Bertz CT molecular complexity index is 317. The van der Waals surface area contributed by atoms with Gasteiger partial charge in [-0.05, 0) is 12.8 Å². The van der Waals surface area contributed by atoms with E-state index in [2.05, 4.69) is 5.32 Å². The molecule has 0 aromatic heterocycles. The molecule has 19 heavy (non-hydrogen) atoms. The number of carboxylic acids is 1. The average Bonchev–Trinajstić information content (AvgIpc) is 2.27. The molecule has 0 saturated carbocycles. The van der Waals surface area contributed by atoms with E-state index in [4.69, 9.17) is 9.84 Å². The van der Waals surface area contributed by atoms with Crippen LogP contribution in [0.25, 0.3) is 0 Å². The first-order valence-electron chi connectivity index (χ1n) is 6.27. The molecule has 0 unspecified atom stereocenters. The fourth-order valence-corrected chi connectivity index (χ4v) is 1.44. The van der Waals surface area contributed by atoms with Crippen LogP contribution >= 0.6 is 0 Å². The SMILES string of the molecule is CCOC(=O)CCNC(=O)N(CC(=O)O)CC(C)C. The highest BCUT2D eigenvalue weighted by Crippen LogP contribution is 1.99. The van der Waals surface area contributed by atoms with Gasteiger partial charge in [0.05, 0.1) is 13.0 Å². The Morgan fingerprint density at radius 1 is 1.32 bits per heavy atom. The number of rotatable bonds is 8. The number of esters is 1. The lowest BCUT2D eigenvalue weighted by atomic mass is 10.2. The highest BCUT2D eigenvalue weighted by atomic mass is 16.5. The Hall–Kier alpha value is -1.79. The van der Waals surface area contributed by atoms with Crippen molar-refractivity contribution in [2.24, 2.45) is 5.92 Å². The maximum absolute atomic E-state index is 11.8. The van der Waals surface area contributed by atoms with Gasteiger partial charge in [-0.1, -0.05) is 13.8 Å². The number of carbonyl (C=O) groups excluding carboxylic acids is 2. The molecule has 0 aliphatic heterocycles. The number of hydrogen-bond acceptors (Lipinski definition) is 4. The molecule has 2 N–H and O–H groups in total. The molecule has 0 atom stereocenters. The maximum Gasteiger partial charge on any atom is 0.323 e. The molecule has 110 valence electrons. The molecule has 0 fully saturated rings. The van der Waals surface area contributed by atoms with E-state index in [-0.39, 0.29) is 25.4 Å². The van der Waals surface area contributed by atoms with Crippen molar-refractivity contribution in [3.05, 3.63) is 0 Å². The lowest BCUT2D eigenvalue weighted by Gasteiger charge is -2.22. The van der Waals surface area contributed by atoms with Crippen molar-refractivity contribution in [1.82, 2.24) is 10.2 Å². The third kappa shape index (κ3) is 8.87. The molecule has 7 nitrogen and oxygen atoms in total. The van der Waals surface area contributed by atoms with Crippen LogP contribution in [0.5, 0.6) is 0 Å². The first-order valence-corrected chi connectivity index (χ1v) is 6.27. The lowest BCUT2D eigenvalue weighted by molar-refractivity contribution is -0.143. The van der Waals surface area contributed by atoms with Crippen LogP contribution in [-0.4, -0.2) is 54.2 Å². The number of aliphatic carboxylic acids is 1. The van der Waals surface area contributed by atoms with E-state index in [9.17, 15) is 14.4 Å². The second-order valence-electron chi connectivity index (χ2n) is 4.46. The summed E-state index contributed by atoms with van der Waals surface area (Å²) in [5, 5.41) is 11.2. The fraction of sp³-hybridized carbons (Fsp3) is 0.750. The smallest absolute Gasteiger partial charge is 0.323 e. The number of amides is 2. The molecule has 2 amide bonds. The number of nitrogens with zero attached hydrogens (tertiary/aromatic N) is 1. The van der Waals surface area contributed by atoms with E-state index in [0.29, 0.717) is 13.2 Å². The van der Waals surface area contributed by atoms with E-state index in [1.165, 1.54) is 4.90 Å². The van der Waals surface area contributed by atoms with Crippen molar-refractivity contribution in [2.75, 3.05) is 26.2 Å². The number of hydrogen-bond donors (Lipinski definition) is 2. The minimum absolute atomic E-state index is 0.0716. The minimum atomic E-state index is -1.07. The highest BCUT2D eigenvalue weighted by Gasteiger charge is 2.17. The van der Waals surface area contributed by atoms with Gasteiger partial charge in [-0.15, -0.1) is 0 Å². The van der Waals surface area contributed by atoms with Crippen molar-refractivity contribution in [3.8, 4) is 0 Å². The minimum Gasteiger partial charge on any atom is -0.480 e. The number of carbonyl (C=O) groups is 3. The predicted molar refractivity (Wildman–Crippen MR) is 68.7 cm³/mol. The lowest BCUT2D eigenvalue weighted by Crippen LogP contribution is -2.45. The molecular weight excluding hydrogens is 252 g/mol. The third-order valence-corrected chi connectivity index (χ3v) is 2.11. The molecular formula is C12H22N2O5. The summed E-state index contributed by atoms with van der Waals surface area (Å²) < 4.78 is 4.72. The van der Waals surface area contributed by atoms with Crippen LogP contribution in [0.2, 0.25) is 0 Å². The Balaban J connectivity index is 4.16. The zero-order chi connectivity index (χ0) is 14.8. The van der Waals surface area contributed by atoms with Crippen molar-refractivity contribution >= 4 is 18.0 Å². The van der Waals surface area contributed by atoms with Crippen molar-refractivity contribution in [3.63, 3.8) is 0 Å². The van der Waals surface area contributed by atoms with Crippen LogP contribution in [0.3, 0.4) is 0 Å². The summed E-state index contributed by atoms with van der Waals surface area (Å²) in [6, 6.07) is -0.486. The van der Waals surface area contributed by atoms with Gasteiger partial charge in [0.25, 0.3) is 0 Å². The van der Waals surface area contributed by atoms with Gasteiger partial charge >= 0.3 is 18.0 Å². The summed E-state index contributed by atoms with van der Waals surface area (Å²) in [6.45, 7) is 5.90. The number of ether oxygens (including phenoxy) is 1. The third-order valence-electron chi connectivity index (χ3n) is 2.11. The van der Waals surface area contributed by atoms with Gasteiger partial charge in [-0.2, -0.15) is 0 Å². The topological polar surface area (TPSA) is 95.9 Å². The normalized spacial score (nSPS) is 10.1. The van der Waals surface area contributed by atoms with E-state index >= 15 is 0 Å². The Kier molecular flexibility index (Phi) is 8.32. The van der Waals surface area contributed by atoms with Crippen molar-refractivity contribution in [1.29, 1.82) is 0 Å². The summed E-state index contributed by atoms with van der Waals surface area (Å²) >= 11 is 0. The monoisotopic (exact) mass is 274 g/mol. The van der Waals surface area contributed by atoms with Crippen LogP contribution < -0.4 is 5.32 Å². The summed E-state index contributed by atoms with van der Waals surface area (Å²) in [5.74, 6) is -1.30. The molecule has 0 aromatic carbocycles. The molecule has 0 spiro atoms. The van der Waals surface area contributed by atoms with Crippen LogP contribution in [0.4, 0.5) is 4.79 Å². The number of nitrogens with one attached hydrogen (secondary N) is 1. The van der Waals surface area contributed by atoms with Gasteiger partial charge in [-0.25, -0.2) is 4.79 Å². The van der Waals surface area contributed by atoms with Gasteiger partial charge in [0.15, 0.2) is 0 Å². The maximum atomic E-state index is 11.8. The molecule has 0 bridgehead atoms. The summed E-state index contributed by atoms with van der Waals surface area (Å²) in [5.41, 5.74) is 0. The van der Waals surface area contributed by atoms with Gasteiger partial charge in [0, 0.05) is 13.1 Å². The van der Waals surface area contributed by atoms with E-state index in [1.807, 2.05) is 13.8 Å². The van der Waals surface area contributed by atoms with Crippen LogP contribution in [0.15, 0.2) is 0 Å². The molecule has 0 heterocycles. The molecule has 7 heteroatoms. The summed E-state index contributed by atoms with van der Waals surface area (Å²) in [6.07, 6.45) is 0.0716. The molecule has 0 rings (SSSR count). The number of carboxylic acid groups (broad SMARTS) is 1. The molecule has 0 saturated heterocycles. The van der Waals surface area contributed by atoms with Crippen LogP contribution in [0, 0.1) is 5.92 Å². The van der Waals surface area contributed by atoms with E-state index in [1.54, 1.807) is 6.92 Å². The molecule has 0 radical (unpaired) electrons. The largest absolute Gasteiger partial charge is 0.480 e. The first-order chi connectivity index (χ1) is 8.86. The van der Waals surface area contributed by atoms with Gasteiger partial charge in [-0.3, -0.25) is 9.59 Å². The number of urea groups is 1. The Labute approximate surface area is 112 Å². The highest BCUT2D eigenvalue weighted by molar-refractivity contribution is 5.80. The molecule has 0 aromatic rings. The Morgan fingerprint density at radius 3 is 2.42 bits per heavy atom. The fourth-order valence-electron chi connectivity index (χ4n) is 1.44. The van der Waals surface area contributed by atoms with Crippen LogP contribution in [0.1, 0.15) is 27.2 Å². The van der Waals surface area contributed by atoms with Gasteiger partial charge in [0.2, 0.25) is 0 Å². The summed E-state index contributed by atoms with van der Waals surface area (Å²) in [4.78, 5) is 34.7. The quantitative estimate of drug-likeness (QED) is 0.635. The summed E-state index contributed by atoms with van der Waals surface area (Å²) in [7, 11) is 0. The second-order valence-corrected chi connectivity index (χ2v) is 4.46. The second kappa shape index (κ2) is 9.18. The zero-order valence-corrected chi connectivity index (χ0v) is 11.6. The molecule has 0 aliphatic rings. The standard InChI is InChI=1S/C12H22N2O5/c1-4-19-11(17)5-6-13-12(18)14(7-9(2)3)8-10(15)16/h9H,4-8H2,1-3H3,(H,13,18)(H,15,16). The van der Waals surface area contributed by atoms with Crippen molar-refractivity contribution in [2.45, 2.75) is 27.2 Å². The van der Waals surface area contributed by atoms with Gasteiger partial charge in [0.1, 0.15) is 6.54 Å². The molecule has 0 aliphatic carbocycles. The first kappa shape index (κ1) is 17.2. The average molecular weight is 274 g/mol. The van der Waals surface area contributed by atoms with Crippen molar-refractivity contribution < 1.29 is 24.2 Å².